The molecule has 1 rings (SSSR count). The topological polar surface area (TPSA) is 142 Å². The fourth-order valence-corrected chi connectivity index (χ4v) is 2.69. The molecule has 0 aromatic heterocycles. The Labute approximate surface area is 150 Å². The number of nitrogens with zero attached hydrogens (tertiary/aromatic N) is 1. The van der Waals surface area contributed by atoms with Gasteiger partial charge in [-0.3, -0.25) is 14.4 Å². The Bertz CT molecular complexity index is 505. The Morgan fingerprint density at radius 1 is 1.21 bits per heavy atom. The molecule has 0 aromatic carbocycles. The van der Waals surface area contributed by atoms with Crippen molar-refractivity contribution >= 4 is 48.9 Å². The van der Waals surface area contributed by atoms with Crippen LogP contribution in [-0.2, 0) is 19.2 Å². The van der Waals surface area contributed by atoms with Gasteiger partial charge in [0.25, 0.3) is 0 Å². The maximum absolute atomic E-state index is 12.1. The van der Waals surface area contributed by atoms with Gasteiger partial charge in [-0.05, 0) is 12.8 Å². The van der Waals surface area contributed by atoms with E-state index < -0.39 is 41.8 Å². The van der Waals surface area contributed by atoms with Crippen LogP contribution in [0.1, 0.15) is 12.8 Å². The minimum Gasteiger partial charge on any atom is -0.480 e. The van der Waals surface area contributed by atoms with Crippen molar-refractivity contribution in [1.29, 1.82) is 0 Å². The first-order chi connectivity index (χ1) is 11.3. The van der Waals surface area contributed by atoms with Crippen LogP contribution in [0.4, 0.5) is 0 Å². The van der Waals surface area contributed by atoms with Crippen LogP contribution in [0.5, 0.6) is 0 Å². The number of likely N-dealkylation sites (tertiary alicyclic amines) is 1. The average Bonchev–Trinajstić information content (AvgIpc) is 3.06. The van der Waals surface area contributed by atoms with Crippen molar-refractivity contribution in [2.45, 2.75) is 31.0 Å². The number of carboxylic acid groups (broad SMARTS) is 1. The molecule has 11 heteroatoms. The first-order valence-electron chi connectivity index (χ1n) is 7.39. The molecule has 0 aromatic rings. The zero-order chi connectivity index (χ0) is 18.3. The first-order valence-corrected chi connectivity index (χ1v) is 8.66. The van der Waals surface area contributed by atoms with Gasteiger partial charge in [0, 0.05) is 18.1 Å². The fraction of sp³-hybridized carbons (Fsp3) is 0.692. The van der Waals surface area contributed by atoms with Gasteiger partial charge in [0.15, 0.2) is 0 Å². The second-order valence-electron chi connectivity index (χ2n) is 5.33. The number of carbonyl (C=O) groups is 4. The minimum absolute atomic E-state index is 0.0204. The quantitative estimate of drug-likeness (QED) is 0.266. The molecule has 1 aliphatic heterocycles. The normalized spacial score (nSPS) is 19.5. The highest BCUT2D eigenvalue weighted by molar-refractivity contribution is 7.80. The molecular weight excluding hydrogens is 356 g/mol. The Morgan fingerprint density at radius 2 is 1.88 bits per heavy atom. The fourth-order valence-electron chi connectivity index (χ4n) is 2.27. The highest BCUT2D eigenvalue weighted by Gasteiger charge is 2.34. The van der Waals surface area contributed by atoms with E-state index in [9.17, 15) is 19.2 Å². The molecule has 3 amide bonds. The number of hydrogen-bond donors (Lipinski definition) is 6. The lowest BCUT2D eigenvalue weighted by Crippen LogP contribution is -2.54. The zero-order valence-corrected chi connectivity index (χ0v) is 14.8. The SMILES string of the molecule is NC(CS)C(=O)NC(CS)C(=O)NCC(=O)N1CCCC1C(=O)O. The van der Waals surface area contributed by atoms with Crippen LogP contribution >= 0.6 is 25.3 Å². The monoisotopic (exact) mass is 378 g/mol. The maximum Gasteiger partial charge on any atom is 0.326 e. The third-order valence-corrected chi connectivity index (χ3v) is 4.38. The van der Waals surface area contributed by atoms with E-state index in [1.807, 2.05) is 0 Å². The van der Waals surface area contributed by atoms with E-state index in [2.05, 4.69) is 35.9 Å². The number of aliphatic carboxylic acids is 1. The van der Waals surface area contributed by atoms with Gasteiger partial charge in [0.05, 0.1) is 12.6 Å². The number of carbonyl (C=O) groups excluding carboxylic acids is 3. The summed E-state index contributed by atoms with van der Waals surface area (Å²) in [6.45, 7) is -0.00339. The molecule has 3 unspecified atom stereocenters. The highest BCUT2D eigenvalue weighted by Crippen LogP contribution is 2.17. The summed E-state index contributed by atoms with van der Waals surface area (Å²) < 4.78 is 0. The summed E-state index contributed by atoms with van der Waals surface area (Å²) in [6.07, 6.45) is 1.000. The maximum atomic E-state index is 12.1. The van der Waals surface area contributed by atoms with Crippen LogP contribution in [0, 0.1) is 0 Å². The van der Waals surface area contributed by atoms with Crippen LogP contribution in [0.15, 0.2) is 0 Å². The molecule has 3 atom stereocenters. The van der Waals surface area contributed by atoms with E-state index in [1.165, 1.54) is 4.90 Å². The molecule has 0 aliphatic carbocycles. The minimum atomic E-state index is -1.06. The summed E-state index contributed by atoms with van der Waals surface area (Å²) in [5.74, 6) is -2.54. The Hall–Kier alpha value is -1.46. The molecular formula is C13H22N4O5S2. The third kappa shape index (κ3) is 5.56. The van der Waals surface area contributed by atoms with Crippen LogP contribution in [0.25, 0.3) is 0 Å². The van der Waals surface area contributed by atoms with Crippen molar-refractivity contribution in [3.63, 3.8) is 0 Å². The Kier molecular flexibility index (Phi) is 8.36. The van der Waals surface area contributed by atoms with Gasteiger partial charge in [-0.15, -0.1) is 0 Å². The molecule has 5 N–H and O–H groups in total. The van der Waals surface area contributed by atoms with Crippen molar-refractivity contribution in [2.75, 3.05) is 24.6 Å². The molecule has 0 bridgehead atoms. The smallest absolute Gasteiger partial charge is 0.326 e. The van der Waals surface area contributed by atoms with Gasteiger partial charge in [0.2, 0.25) is 17.7 Å². The molecule has 1 aliphatic rings. The van der Waals surface area contributed by atoms with E-state index >= 15 is 0 Å². The summed E-state index contributed by atoms with van der Waals surface area (Å²) in [7, 11) is 0. The number of carboxylic acids is 1. The molecule has 0 saturated carbocycles. The molecule has 1 heterocycles. The van der Waals surface area contributed by atoms with E-state index in [-0.39, 0.29) is 18.1 Å². The molecule has 136 valence electrons. The Morgan fingerprint density at radius 3 is 2.42 bits per heavy atom. The third-order valence-electron chi connectivity index (χ3n) is 3.62. The van der Waals surface area contributed by atoms with Gasteiger partial charge in [-0.25, -0.2) is 4.79 Å². The lowest BCUT2D eigenvalue weighted by Gasteiger charge is -2.23. The lowest BCUT2D eigenvalue weighted by atomic mass is 10.2. The summed E-state index contributed by atoms with van der Waals surface area (Å²) in [5.41, 5.74) is 5.51. The van der Waals surface area contributed by atoms with E-state index in [1.54, 1.807) is 0 Å². The number of hydrogen-bond acceptors (Lipinski definition) is 7. The van der Waals surface area contributed by atoms with Crippen molar-refractivity contribution in [3.8, 4) is 0 Å². The standard InChI is InChI=1S/C13H22N4O5S2/c14-7(5-23)11(19)16-8(6-24)12(20)15-4-10(18)17-3-1-2-9(17)13(21)22/h7-9,23-24H,1-6,14H2,(H,15,20)(H,16,19)(H,21,22). The first kappa shape index (κ1) is 20.6. The number of amides is 3. The molecule has 0 spiro atoms. The molecule has 1 fully saturated rings. The average molecular weight is 378 g/mol. The van der Waals surface area contributed by atoms with Crippen LogP contribution in [-0.4, -0.2) is 76.4 Å². The van der Waals surface area contributed by atoms with Gasteiger partial charge in [-0.2, -0.15) is 25.3 Å². The second-order valence-corrected chi connectivity index (χ2v) is 6.06. The van der Waals surface area contributed by atoms with Crippen molar-refractivity contribution in [2.24, 2.45) is 5.73 Å². The van der Waals surface area contributed by atoms with E-state index in [0.717, 1.165) is 0 Å². The number of thiol groups is 2. The summed E-state index contributed by atoms with van der Waals surface area (Å²) in [5, 5.41) is 13.9. The van der Waals surface area contributed by atoms with Gasteiger partial charge in [-0.1, -0.05) is 0 Å². The summed E-state index contributed by atoms with van der Waals surface area (Å²) in [4.78, 5) is 48.1. The Balaban J connectivity index is 2.52. The van der Waals surface area contributed by atoms with Gasteiger partial charge >= 0.3 is 5.97 Å². The predicted molar refractivity (Wildman–Crippen MR) is 93.0 cm³/mol. The van der Waals surface area contributed by atoms with Crippen LogP contribution < -0.4 is 16.4 Å². The van der Waals surface area contributed by atoms with Crippen LogP contribution in [0.3, 0.4) is 0 Å². The van der Waals surface area contributed by atoms with E-state index in [0.29, 0.717) is 19.4 Å². The summed E-state index contributed by atoms with van der Waals surface area (Å²) in [6, 6.07) is -2.66. The summed E-state index contributed by atoms with van der Waals surface area (Å²) >= 11 is 7.89. The zero-order valence-electron chi connectivity index (χ0n) is 13.0. The van der Waals surface area contributed by atoms with E-state index in [4.69, 9.17) is 10.8 Å². The second kappa shape index (κ2) is 9.74. The van der Waals surface area contributed by atoms with Gasteiger partial charge < -0.3 is 26.4 Å². The largest absolute Gasteiger partial charge is 0.480 e. The molecule has 1 saturated heterocycles. The van der Waals surface area contributed by atoms with Crippen LogP contribution in [0.2, 0.25) is 0 Å². The number of nitrogens with one attached hydrogen (secondary N) is 2. The lowest BCUT2D eigenvalue weighted by molar-refractivity contribution is -0.148. The molecule has 0 radical (unpaired) electrons. The molecule has 24 heavy (non-hydrogen) atoms. The van der Waals surface area contributed by atoms with Crippen molar-refractivity contribution in [3.05, 3.63) is 0 Å². The highest BCUT2D eigenvalue weighted by atomic mass is 32.1. The number of rotatable bonds is 8. The molecule has 9 nitrogen and oxygen atoms in total. The van der Waals surface area contributed by atoms with Gasteiger partial charge in [0.1, 0.15) is 12.1 Å². The predicted octanol–water partition coefficient (Wildman–Crippen LogP) is -2.15. The number of nitrogens with two attached hydrogens (primary N) is 1. The van der Waals surface area contributed by atoms with Crippen molar-refractivity contribution < 1.29 is 24.3 Å². The van der Waals surface area contributed by atoms with Crippen molar-refractivity contribution in [1.82, 2.24) is 15.5 Å².